The van der Waals surface area contributed by atoms with Crippen molar-refractivity contribution >= 4 is 17.6 Å². The van der Waals surface area contributed by atoms with Gasteiger partial charge in [0.15, 0.2) is 0 Å². The maximum Gasteiger partial charge on any atom is 0.304 e. The van der Waals surface area contributed by atoms with E-state index in [0.29, 0.717) is 5.02 Å². The lowest BCUT2D eigenvalue weighted by Gasteiger charge is -2.27. The van der Waals surface area contributed by atoms with Crippen molar-refractivity contribution in [3.8, 4) is 0 Å². The Hall–Kier alpha value is -1.02. The number of halogens is 1. The van der Waals surface area contributed by atoms with Gasteiger partial charge < -0.3 is 5.11 Å². The van der Waals surface area contributed by atoms with E-state index in [1.807, 2.05) is 24.3 Å². The maximum atomic E-state index is 11.0. The van der Waals surface area contributed by atoms with Crippen LogP contribution in [0.25, 0.3) is 0 Å². The first kappa shape index (κ1) is 11.5. The molecule has 1 aromatic carbocycles. The second-order valence-electron chi connectivity index (χ2n) is 4.56. The van der Waals surface area contributed by atoms with Gasteiger partial charge in [-0.1, -0.05) is 36.6 Å². The van der Waals surface area contributed by atoms with E-state index in [4.69, 9.17) is 16.7 Å². The minimum atomic E-state index is -0.711. The first-order valence-corrected chi connectivity index (χ1v) is 5.98. The summed E-state index contributed by atoms with van der Waals surface area (Å²) in [5.41, 5.74) is 0.966. The third-order valence-corrected chi connectivity index (χ3v) is 3.76. The van der Waals surface area contributed by atoms with E-state index in [1.165, 1.54) is 0 Å². The lowest BCUT2D eigenvalue weighted by molar-refractivity contribution is -0.138. The van der Waals surface area contributed by atoms with Crippen LogP contribution in [0.15, 0.2) is 24.3 Å². The van der Waals surface area contributed by atoms with Gasteiger partial charge in [-0.15, -0.1) is 0 Å². The molecule has 1 aliphatic rings. The van der Waals surface area contributed by atoms with E-state index in [9.17, 15) is 4.79 Å². The van der Waals surface area contributed by atoms with Gasteiger partial charge >= 0.3 is 5.97 Å². The Morgan fingerprint density at radius 3 is 2.31 bits per heavy atom. The molecule has 86 valence electrons. The summed E-state index contributed by atoms with van der Waals surface area (Å²) in [4.78, 5) is 11.0. The molecule has 2 rings (SSSR count). The Bertz CT molecular complexity index is 377. The molecule has 0 amide bonds. The van der Waals surface area contributed by atoms with Crippen molar-refractivity contribution < 1.29 is 9.90 Å². The van der Waals surface area contributed by atoms with Crippen LogP contribution in [0, 0.1) is 0 Å². The lowest BCUT2D eigenvalue weighted by atomic mass is 9.76. The van der Waals surface area contributed by atoms with Crippen LogP contribution in [0.4, 0.5) is 0 Å². The van der Waals surface area contributed by atoms with Crippen LogP contribution in [0.2, 0.25) is 5.02 Å². The molecule has 0 aliphatic heterocycles. The molecule has 0 radical (unpaired) electrons. The molecule has 1 fully saturated rings. The number of benzene rings is 1. The third-order valence-electron chi connectivity index (χ3n) is 3.51. The van der Waals surface area contributed by atoms with Crippen LogP contribution in [0.3, 0.4) is 0 Å². The van der Waals surface area contributed by atoms with E-state index in [0.717, 1.165) is 31.2 Å². The largest absolute Gasteiger partial charge is 0.481 e. The molecule has 0 aromatic heterocycles. The highest BCUT2D eigenvalue weighted by atomic mass is 35.5. The summed E-state index contributed by atoms with van der Waals surface area (Å²) in [5.74, 6) is -0.711. The van der Waals surface area contributed by atoms with Crippen molar-refractivity contribution in [1.29, 1.82) is 0 Å². The van der Waals surface area contributed by atoms with Crippen molar-refractivity contribution in [1.82, 2.24) is 0 Å². The number of rotatable bonds is 3. The SMILES string of the molecule is O=C(O)CC1(c2ccc(Cl)cc2)CCCC1. The molecule has 1 aromatic rings. The summed E-state index contributed by atoms with van der Waals surface area (Å²) in [6, 6.07) is 7.63. The standard InChI is InChI=1S/C13H15ClO2/c14-11-5-3-10(4-6-11)13(9-12(15)16)7-1-2-8-13/h3-6H,1-2,7-9H2,(H,15,16). The Kier molecular flexibility index (Phi) is 3.20. The van der Waals surface area contributed by atoms with Gasteiger partial charge in [-0.25, -0.2) is 0 Å². The fraction of sp³-hybridized carbons (Fsp3) is 0.462. The summed E-state index contributed by atoms with van der Waals surface area (Å²) in [6.45, 7) is 0. The molecular formula is C13H15ClO2. The van der Waals surface area contributed by atoms with Crippen LogP contribution in [-0.2, 0) is 10.2 Å². The van der Waals surface area contributed by atoms with E-state index < -0.39 is 5.97 Å². The molecule has 2 nitrogen and oxygen atoms in total. The minimum Gasteiger partial charge on any atom is -0.481 e. The Labute approximate surface area is 100 Å². The van der Waals surface area contributed by atoms with Gasteiger partial charge in [-0.05, 0) is 30.5 Å². The summed E-state index contributed by atoms with van der Waals surface area (Å²) in [7, 11) is 0. The minimum absolute atomic E-state index is 0.156. The van der Waals surface area contributed by atoms with Crippen molar-refractivity contribution in [2.24, 2.45) is 0 Å². The van der Waals surface area contributed by atoms with Crippen LogP contribution in [-0.4, -0.2) is 11.1 Å². The molecule has 1 aliphatic carbocycles. The average molecular weight is 239 g/mol. The van der Waals surface area contributed by atoms with Crippen molar-refractivity contribution in [2.45, 2.75) is 37.5 Å². The molecule has 1 N–H and O–H groups in total. The number of aliphatic carboxylic acids is 1. The van der Waals surface area contributed by atoms with Gasteiger partial charge in [0, 0.05) is 10.4 Å². The maximum absolute atomic E-state index is 11.0. The Morgan fingerprint density at radius 2 is 1.81 bits per heavy atom. The van der Waals surface area contributed by atoms with Gasteiger partial charge in [-0.3, -0.25) is 4.79 Å². The molecule has 16 heavy (non-hydrogen) atoms. The quantitative estimate of drug-likeness (QED) is 0.873. The second-order valence-corrected chi connectivity index (χ2v) is 5.00. The highest BCUT2D eigenvalue weighted by molar-refractivity contribution is 6.30. The van der Waals surface area contributed by atoms with Crippen LogP contribution < -0.4 is 0 Å². The van der Waals surface area contributed by atoms with Crippen molar-refractivity contribution in [2.75, 3.05) is 0 Å². The van der Waals surface area contributed by atoms with Gasteiger partial charge in [-0.2, -0.15) is 0 Å². The molecule has 0 spiro atoms. The van der Waals surface area contributed by atoms with Gasteiger partial charge in [0.25, 0.3) is 0 Å². The predicted octanol–water partition coefficient (Wildman–Crippen LogP) is 3.63. The molecular weight excluding hydrogens is 224 g/mol. The monoisotopic (exact) mass is 238 g/mol. The van der Waals surface area contributed by atoms with Gasteiger partial charge in [0.05, 0.1) is 6.42 Å². The van der Waals surface area contributed by atoms with Gasteiger partial charge in [0.2, 0.25) is 0 Å². The van der Waals surface area contributed by atoms with Crippen LogP contribution in [0.5, 0.6) is 0 Å². The van der Waals surface area contributed by atoms with E-state index in [2.05, 4.69) is 0 Å². The fourth-order valence-electron chi connectivity index (χ4n) is 2.71. The normalized spacial score (nSPS) is 18.6. The first-order chi connectivity index (χ1) is 7.62. The smallest absolute Gasteiger partial charge is 0.304 e. The fourth-order valence-corrected chi connectivity index (χ4v) is 2.84. The molecule has 0 saturated heterocycles. The summed E-state index contributed by atoms with van der Waals surface area (Å²) < 4.78 is 0. The van der Waals surface area contributed by atoms with Crippen LogP contribution >= 0.6 is 11.6 Å². The van der Waals surface area contributed by atoms with E-state index in [1.54, 1.807) is 0 Å². The zero-order valence-corrected chi connectivity index (χ0v) is 9.83. The first-order valence-electron chi connectivity index (χ1n) is 5.60. The van der Waals surface area contributed by atoms with Crippen molar-refractivity contribution in [3.63, 3.8) is 0 Å². The molecule has 0 bridgehead atoms. The topological polar surface area (TPSA) is 37.3 Å². The predicted molar refractivity (Wildman–Crippen MR) is 63.9 cm³/mol. The molecule has 3 heteroatoms. The summed E-state index contributed by atoms with van der Waals surface area (Å²) in [5, 5.41) is 9.73. The summed E-state index contributed by atoms with van der Waals surface area (Å²) in [6.07, 6.45) is 4.42. The number of carbonyl (C=O) groups is 1. The van der Waals surface area contributed by atoms with Crippen molar-refractivity contribution in [3.05, 3.63) is 34.9 Å². The number of carboxylic acid groups (broad SMARTS) is 1. The van der Waals surface area contributed by atoms with Gasteiger partial charge in [0.1, 0.15) is 0 Å². The van der Waals surface area contributed by atoms with E-state index in [-0.39, 0.29) is 11.8 Å². The zero-order valence-electron chi connectivity index (χ0n) is 9.08. The van der Waals surface area contributed by atoms with E-state index >= 15 is 0 Å². The number of hydrogen-bond acceptors (Lipinski definition) is 1. The highest BCUT2D eigenvalue weighted by Gasteiger charge is 2.37. The number of carboxylic acids is 1. The molecule has 0 unspecified atom stereocenters. The third kappa shape index (κ3) is 2.22. The molecule has 0 atom stereocenters. The number of hydrogen-bond donors (Lipinski definition) is 1. The Morgan fingerprint density at radius 1 is 1.25 bits per heavy atom. The molecule has 1 saturated carbocycles. The molecule has 0 heterocycles. The second kappa shape index (κ2) is 4.46. The summed E-state index contributed by atoms with van der Waals surface area (Å²) >= 11 is 5.85. The highest BCUT2D eigenvalue weighted by Crippen LogP contribution is 2.43. The Balaban J connectivity index is 2.31. The van der Waals surface area contributed by atoms with Crippen LogP contribution in [0.1, 0.15) is 37.7 Å². The average Bonchev–Trinajstić information content (AvgIpc) is 2.67. The lowest BCUT2D eigenvalue weighted by Crippen LogP contribution is -2.25. The zero-order chi connectivity index (χ0) is 11.6.